The Bertz CT molecular complexity index is 854. The summed E-state index contributed by atoms with van der Waals surface area (Å²) in [4.78, 5) is 11.1. The first-order valence-electron chi connectivity index (χ1n) is 9.28. The van der Waals surface area contributed by atoms with Crippen LogP contribution in [0.4, 0.5) is 5.13 Å². The summed E-state index contributed by atoms with van der Waals surface area (Å²) in [5, 5.41) is 20.2. The highest BCUT2D eigenvalue weighted by molar-refractivity contribution is 7.15. The highest BCUT2D eigenvalue weighted by Crippen LogP contribution is 2.43. The second-order valence-electron chi connectivity index (χ2n) is 7.44. The summed E-state index contributed by atoms with van der Waals surface area (Å²) < 4.78 is 5.94. The van der Waals surface area contributed by atoms with Crippen molar-refractivity contribution in [2.45, 2.75) is 43.9 Å². The van der Waals surface area contributed by atoms with Crippen molar-refractivity contribution in [3.8, 4) is 11.9 Å². The first-order valence-corrected chi connectivity index (χ1v) is 10.1. The van der Waals surface area contributed by atoms with Crippen LogP contribution in [0.15, 0.2) is 6.20 Å². The van der Waals surface area contributed by atoms with Gasteiger partial charge in [-0.2, -0.15) is 10.2 Å². The van der Waals surface area contributed by atoms with Crippen LogP contribution in [-0.4, -0.2) is 39.9 Å². The third kappa shape index (κ3) is 3.23. The van der Waals surface area contributed by atoms with Crippen molar-refractivity contribution >= 4 is 16.5 Å². The van der Waals surface area contributed by atoms with Crippen LogP contribution < -0.4 is 9.64 Å². The van der Waals surface area contributed by atoms with Crippen LogP contribution in [0.3, 0.4) is 0 Å². The Morgan fingerprint density at radius 1 is 1.19 bits per heavy atom. The highest BCUT2D eigenvalue weighted by Gasteiger charge is 2.31. The second kappa shape index (κ2) is 6.47. The lowest BCUT2D eigenvalue weighted by Crippen LogP contribution is -2.22. The molecule has 2 aliphatic carbocycles. The van der Waals surface area contributed by atoms with Crippen LogP contribution in [0, 0.1) is 17.2 Å². The first-order chi connectivity index (χ1) is 12.8. The Balaban J connectivity index is 1.21. The average molecular weight is 368 g/mol. The van der Waals surface area contributed by atoms with Gasteiger partial charge >= 0.3 is 0 Å². The van der Waals surface area contributed by atoms with Crippen LogP contribution in [0.5, 0.6) is 5.88 Å². The van der Waals surface area contributed by atoms with Gasteiger partial charge in [0.1, 0.15) is 22.5 Å². The maximum Gasteiger partial charge on any atom is 0.235 e. The van der Waals surface area contributed by atoms with E-state index in [1.54, 1.807) is 17.5 Å². The van der Waals surface area contributed by atoms with Gasteiger partial charge in [0.2, 0.25) is 11.0 Å². The van der Waals surface area contributed by atoms with E-state index in [2.05, 4.69) is 31.1 Å². The Morgan fingerprint density at radius 3 is 2.81 bits per heavy atom. The van der Waals surface area contributed by atoms with Gasteiger partial charge < -0.3 is 9.64 Å². The van der Waals surface area contributed by atoms with Crippen LogP contribution in [0.2, 0.25) is 0 Å². The minimum atomic E-state index is 0.411. The standard InChI is InChI=1S/C18H20N6OS/c19-7-14-8-20-15(12-1-2-12)21-16(14)25-10-11-5-6-24(9-11)18-23-22-17(26-18)13-3-4-13/h8,11-13H,1-6,9-10H2/t11-/m0/s1. The van der Waals surface area contributed by atoms with Gasteiger partial charge in [0.25, 0.3) is 0 Å². The van der Waals surface area contributed by atoms with E-state index in [1.807, 2.05) is 0 Å². The maximum atomic E-state index is 9.27. The van der Waals surface area contributed by atoms with Crippen molar-refractivity contribution in [3.05, 3.63) is 22.6 Å². The van der Waals surface area contributed by atoms with Gasteiger partial charge in [-0.05, 0) is 32.1 Å². The van der Waals surface area contributed by atoms with E-state index in [1.165, 1.54) is 17.8 Å². The van der Waals surface area contributed by atoms with Gasteiger partial charge in [-0.3, -0.25) is 0 Å². The number of aromatic nitrogens is 4. The molecule has 3 heterocycles. The zero-order chi connectivity index (χ0) is 17.5. The molecule has 134 valence electrons. The summed E-state index contributed by atoms with van der Waals surface area (Å²) in [7, 11) is 0. The number of rotatable bonds is 6. The molecule has 0 aromatic carbocycles. The smallest absolute Gasteiger partial charge is 0.235 e. The van der Waals surface area contributed by atoms with Gasteiger partial charge in [-0.25, -0.2) is 4.98 Å². The monoisotopic (exact) mass is 368 g/mol. The Hall–Kier alpha value is -2.27. The lowest BCUT2D eigenvalue weighted by Gasteiger charge is -2.15. The molecule has 0 spiro atoms. The molecule has 0 bridgehead atoms. The van der Waals surface area contributed by atoms with Crippen LogP contribution in [-0.2, 0) is 0 Å². The third-order valence-electron chi connectivity index (χ3n) is 5.20. The van der Waals surface area contributed by atoms with E-state index in [-0.39, 0.29) is 0 Å². The predicted molar refractivity (Wildman–Crippen MR) is 96.4 cm³/mol. The molecule has 0 N–H and O–H groups in total. The summed E-state index contributed by atoms with van der Waals surface area (Å²) in [6.07, 6.45) is 7.43. The molecule has 0 unspecified atom stereocenters. The van der Waals surface area contributed by atoms with Crippen molar-refractivity contribution in [3.63, 3.8) is 0 Å². The van der Waals surface area contributed by atoms with Gasteiger partial charge in [0, 0.05) is 30.8 Å². The van der Waals surface area contributed by atoms with E-state index >= 15 is 0 Å². The lowest BCUT2D eigenvalue weighted by molar-refractivity contribution is 0.250. The molecule has 0 amide bonds. The molecule has 26 heavy (non-hydrogen) atoms. The van der Waals surface area contributed by atoms with Crippen LogP contribution in [0.25, 0.3) is 0 Å². The number of anilines is 1. The highest BCUT2D eigenvalue weighted by atomic mass is 32.1. The van der Waals surface area contributed by atoms with E-state index < -0.39 is 0 Å². The molecule has 2 aromatic heterocycles. The van der Waals surface area contributed by atoms with Gasteiger partial charge in [-0.15, -0.1) is 10.2 Å². The van der Waals surface area contributed by atoms with E-state index in [0.29, 0.717) is 35.8 Å². The van der Waals surface area contributed by atoms with Gasteiger partial charge in [-0.1, -0.05) is 11.3 Å². The molecule has 5 rings (SSSR count). The van der Waals surface area contributed by atoms with Crippen molar-refractivity contribution in [2.75, 3.05) is 24.6 Å². The quantitative estimate of drug-likeness (QED) is 0.774. The lowest BCUT2D eigenvalue weighted by atomic mass is 10.1. The first kappa shape index (κ1) is 15.9. The summed E-state index contributed by atoms with van der Waals surface area (Å²) in [5.74, 6) is 2.77. The normalized spacial score (nSPS) is 22.4. The van der Waals surface area contributed by atoms with Crippen molar-refractivity contribution in [1.82, 2.24) is 20.2 Å². The Kier molecular flexibility index (Phi) is 3.97. The van der Waals surface area contributed by atoms with Gasteiger partial charge in [0.15, 0.2) is 0 Å². The van der Waals surface area contributed by atoms with E-state index in [0.717, 1.165) is 43.3 Å². The second-order valence-corrected chi connectivity index (χ2v) is 8.43. The molecule has 1 saturated heterocycles. The number of hydrogen-bond donors (Lipinski definition) is 0. The fourth-order valence-electron chi connectivity index (χ4n) is 3.29. The average Bonchev–Trinajstić information content (AvgIpc) is 3.60. The summed E-state index contributed by atoms with van der Waals surface area (Å²) in [6.45, 7) is 2.47. The molecular formula is C18H20N6OS. The maximum absolute atomic E-state index is 9.27. The fourth-order valence-corrected chi connectivity index (χ4v) is 4.34. The topological polar surface area (TPSA) is 87.8 Å². The summed E-state index contributed by atoms with van der Waals surface area (Å²) >= 11 is 1.73. The minimum Gasteiger partial charge on any atom is -0.476 e. The number of nitrogens with zero attached hydrogens (tertiary/aromatic N) is 6. The molecular weight excluding hydrogens is 348 g/mol. The predicted octanol–water partition coefficient (Wildman–Crippen LogP) is 2.86. The Labute approximate surface area is 156 Å². The number of nitriles is 1. The molecule has 1 aliphatic heterocycles. The van der Waals surface area contributed by atoms with Gasteiger partial charge in [0.05, 0.1) is 12.8 Å². The molecule has 8 heteroatoms. The Morgan fingerprint density at radius 2 is 2.04 bits per heavy atom. The molecule has 0 radical (unpaired) electrons. The van der Waals surface area contributed by atoms with E-state index in [9.17, 15) is 5.26 Å². The van der Waals surface area contributed by atoms with Crippen molar-refractivity contribution in [2.24, 2.45) is 5.92 Å². The molecule has 2 saturated carbocycles. The third-order valence-corrected chi connectivity index (χ3v) is 6.35. The molecule has 2 aromatic rings. The molecule has 3 aliphatic rings. The summed E-state index contributed by atoms with van der Waals surface area (Å²) in [6, 6.07) is 2.13. The van der Waals surface area contributed by atoms with E-state index in [4.69, 9.17) is 4.74 Å². The molecule has 7 nitrogen and oxygen atoms in total. The fraction of sp³-hybridized carbons (Fsp3) is 0.611. The number of ether oxygens (including phenoxy) is 1. The van der Waals surface area contributed by atoms with Crippen LogP contribution in [0.1, 0.15) is 60.3 Å². The SMILES string of the molecule is N#Cc1cnc(C2CC2)nc1OC[C@H]1CCN(c2nnc(C3CC3)s2)C1. The zero-order valence-electron chi connectivity index (χ0n) is 14.5. The zero-order valence-corrected chi connectivity index (χ0v) is 15.3. The number of hydrogen-bond acceptors (Lipinski definition) is 8. The molecule has 1 atom stereocenters. The minimum absolute atomic E-state index is 0.411. The largest absolute Gasteiger partial charge is 0.476 e. The van der Waals surface area contributed by atoms with Crippen LogP contribution >= 0.6 is 11.3 Å². The molecule has 3 fully saturated rings. The summed E-state index contributed by atoms with van der Waals surface area (Å²) in [5.41, 5.74) is 0.419. The van der Waals surface area contributed by atoms with Crippen molar-refractivity contribution in [1.29, 1.82) is 5.26 Å². The van der Waals surface area contributed by atoms with Crippen molar-refractivity contribution < 1.29 is 4.74 Å².